The highest BCUT2D eigenvalue weighted by atomic mass is 32.1. The quantitative estimate of drug-likeness (QED) is 0.847. The molecule has 1 amide bonds. The van der Waals surface area contributed by atoms with Crippen LogP contribution in [0.5, 0.6) is 0 Å². The van der Waals surface area contributed by atoms with Crippen LogP contribution < -0.4 is 0 Å². The molecule has 0 spiro atoms. The molecule has 22 heavy (non-hydrogen) atoms. The van der Waals surface area contributed by atoms with Gasteiger partial charge in [-0.05, 0) is 44.3 Å². The third-order valence-corrected chi connectivity index (χ3v) is 5.55. The van der Waals surface area contributed by atoms with Crippen LogP contribution in [0.3, 0.4) is 0 Å². The summed E-state index contributed by atoms with van der Waals surface area (Å²) in [5, 5.41) is 7.31. The molecule has 1 saturated heterocycles. The third kappa shape index (κ3) is 3.26. The van der Waals surface area contributed by atoms with Gasteiger partial charge in [0.25, 0.3) is 0 Å². The van der Waals surface area contributed by atoms with Gasteiger partial charge in [0, 0.05) is 32.0 Å². The molecule has 1 aliphatic heterocycles. The summed E-state index contributed by atoms with van der Waals surface area (Å²) in [4.78, 5) is 14.5. The minimum Gasteiger partial charge on any atom is -0.342 e. The van der Waals surface area contributed by atoms with Crippen LogP contribution in [-0.2, 0) is 11.3 Å². The van der Waals surface area contributed by atoms with E-state index in [0.717, 1.165) is 57.1 Å². The Labute approximate surface area is 137 Å². The van der Waals surface area contributed by atoms with Crippen molar-refractivity contribution in [3.63, 3.8) is 0 Å². The number of rotatable bonds is 5. The van der Waals surface area contributed by atoms with E-state index in [0.29, 0.717) is 16.6 Å². The van der Waals surface area contributed by atoms with Crippen molar-refractivity contribution >= 4 is 18.1 Å². The van der Waals surface area contributed by atoms with Crippen molar-refractivity contribution < 1.29 is 4.79 Å². The summed E-state index contributed by atoms with van der Waals surface area (Å²) in [6.07, 6.45) is 7.94. The molecular formula is C16H26N4OS. The van der Waals surface area contributed by atoms with Crippen molar-refractivity contribution in [2.45, 2.75) is 64.3 Å². The molecule has 1 saturated carbocycles. The van der Waals surface area contributed by atoms with Crippen LogP contribution in [0, 0.1) is 10.7 Å². The molecule has 1 aromatic heterocycles. The fourth-order valence-corrected chi connectivity index (χ4v) is 3.90. The molecule has 2 aliphatic rings. The van der Waals surface area contributed by atoms with Gasteiger partial charge in [-0.25, -0.2) is 0 Å². The lowest BCUT2D eigenvalue weighted by Gasteiger charge is -2.33. The maximum Gasteiger partial charge on any atom is 0.222 e. The van der Waals surface area contributed by atoms with Crippen LogP contribution in [0.4, 0.5) is 0 Å². The van der Waals surface area contributed by atoms with E-state index in [2.05, 4.69) is 21.7 Å². The zero-order valence-corrected chi connectivity index (χ0v) is 14.2. The molecule has 0 aromatic carbocycles. The highest BCUT2D eigenvalue weighted by Gasteiger charge is 2.28. The molecule has 0 bridgehead atoms. The van der Waals surface area contributed by atoms with Crippen LogP contribution in [-0.4, -0.2) is 38.7 Å². The first kappa shape index (κ1) is 15.7. The molecule has 6 heteroatoms. The molecular weight excluding hydrogens is 296 g/mol. The number of hydrogen-bond acceptors (Lipinski definition) is 3. The van der Waals surface area contributed by atoms with Gasteiger partial charge in [0.1, 0.15) is 5.82 Å². The number of likely N-dealkylation sites (tertiary alicyclic amines) is 1. The Morgan fingerprint density at radius 2 is 2.18 bits per heavy atom. The first-order valence-corrected chi connectivity index (χ1v) is 9.02. The van der Waals surface area contributed by atoms with E-state index < -0.39 is 0 Å². The Bertz CT molecular complexity index is 575. The van der Waals surface area contributed by atoms with Gasteiger partial charge in [0.05, 0.1) is 0 Å². The maximum atomic E-state index is 12.4. The largest absolute Gasteiger partial charge is 0.342 e. The molecule has 1 aliphatic carbocycles. The molecule has 1 aromatic rings. The number of piperidine rings is 1. The number of carbonyl (C=O) groups is 1. The Balaban J connectivity index is 1.60. The number of aromatic nitrogens is 3. The summed E-state index contributed by atoms with van der Waals surface area (Å²) in [6.45, 7) is 4.61. The van der Waals surface area contributed by atoms with E-state index in [9.17, 15) is 4.79 Å². The number of nitrogens with one attached hydrogen (secondary N) is 1. The summed E-state index contributed by atoms with van der Waals surface area (Å²) in [6, 6.07) is 0. The second kappa shape index (κ2) is 6.94. The SMILES string of the molecule is CCn1c(C2CCCN(C(=O)CCC3CCC3)C2)n[nH]c1=S. The van der Waals surface area contributed by atoms with E-state index in [1.54, 1.807) is 0 Å². The normalized spacial score (nSPS) is 22.6. The maximum absolute atomic E-state index is 12.4. The highest BCUT2D eigenvalue weighted by Crippen LogP contribution is 2.31. The van der Waals surface area contributed by atoms with Gasteiger partial charge in [0.15, 0.2) is 4.77 Å². The first-order valence-electron chi connectivity index (χ1n) is 8.62. The number of nitrogens with zero attached hydrogens (tertiary/aromatic N) is 3. The molecule has 5 nitrogen and oxygen atoms in total. The van der Waals surface area contributed by atoms with Gasteiger partial charge in [-0.2, -0.15) is 5.10 Å². The van der Waals surface area contributed by atoms with Gasteiger partial charge in [0.2, 0.25) is 5.91 Å². The van der Waals surface area contributed by atoms with Crippen LogP contribution in [0.25, 0.3) is 0 Å². The van der Waals surface area contributed by atoms with E-state index >= 15 is 0 Å². The fraction of sp³-hybridized carbons (Fsp3) is 0.812. The molecule has 1 unspecified atom stereocenters. The first-order chi connectivity index (χ1) is 10.7. The Morgan fingerprint density at radius 3 is 2.86 bits per heavy atom. The van der Waals surface area contributed by atoms with Crippen molar-refractivity contribution in [1.82, 2.24) is 19.7 Å². The van der Waals surface area contributed by atoms with Crippen molar-refractivity contribution in [2.24, 2.45) is 5.92 Å². The zero-order chi connectivity index (χ0) is 15.5. The van der Waals surface area contributed by atoms with Crippen molar-refractivity contribution in [3.05, 3.63) is 10.6 Å². The Hall–Kier alpha value is -1.17. The molecule has 0 radical (unpaired) electrons. The van der Waals surface area contributed by atoms with Crippen LogP contribution in [0.2, 0.25) is 0 Å². The van der Waals surface area contributed by atoms with Crippen molar-refractivity contribution in [3.8, 4) is 0 Å². The van der Waals surface area contributed by atoms with E-state index in [1.807, 2.05) is 4.90 Å². The smallest absolute Gasteiger partial charge is 0.222 e. The fourth-order valence-electron chi connectivity index (χ4n) is 3.63. The summed E-state index contributed by atoms with van der Waals surface area (Å²) < 4.78 is 2.74. The predicted molar refractivity (Wildman–Crippen MR) is 88.2 cm³/mol. The number of aromatic amines is 1. The second-order valence-electron chi connectivity index (χ2n) is 6.65. The Kier molecular flexibility index (Phi) is 4.96. The monoisotopic (exact) mass is 322 g/mol. The van der Waals surface area contributed by atoms with Crippen LogP contribution >= 0.6 is 12.2 Å². The molecule has 1 atom stereocenters. The predicted octanol–water partition coefficient (Wildman–Crippen LogP) is 3.25. The average molecular weight is 322 g/mol. The number of amides is 1. The minimum atomic E-state index is 0.314. The van der Waals surface area contributed by atoms with Gasteiger partial charge in [-0.1, -0.05) is 19.3 Å². The summed E-state index contributed by atoms with van der Waals surface area (Å²) in [5.74, 6) is 2.47. The van der Waals surface area contributed by atoms with Crippen LogP contribution in [0.1, 0.15) is 63.6 Å². The summed E-state index contributed by atoms with van der Waals surface area (Å²) in [5.41, 5.74) is 0. The lowest BCUT2D eigenvalue weighted by atomic mass is 9.82. The molecule has 1 N–H and O–H groups in total. The minimum absolute atomic E-state index is 0.314. The average Bonchev–Trinajstić information content (AvgIpc) is 2.86. The lowest BCUT2D eigenvalue weighted by molar-refractivity contribution is -0.132. The van der Waals surface area contributed by atoms with Gasteiger partial charge in [-0.3, -0.25) is 9.89 Å². The van der Waals surface area contributed by atoms with Crippen molar-refractivity contribution in [1.29, 1.82) is 0 Å². The topological polar surface area (TPSA) is 53.9 Å². The van der Waals surface area contributed by atoms with E-state index in [-0.39, 0.29) is 0 Å². The van der Waals surface area contributed by atoms with Crippen LogP contribution in [0.15, 0.2) is 0 Å². The van der Waals surface area contributed by atoms with Gasteiger partial charge >= 0.3 is 0 Å². The molecule has 3 rings (SSSR count). The number of H-pyrrole nitrogens is 1. The summed E-state index contributed by atoms with van der Waals surface area (Å²) >= 11 is 5.28. The highest BCUT2D eigenvalue weighted by molar-refractivity contribution is 7.71. The van der Waals surface area contributed by atoms with Gasteiger partial charge in [-0.15, -0.1) is 0 Å². The standard InChI is InChI=1S/C16H26N4OS/c1-2-20-15(17-18-16(20)22)13-7-4-10-19(11-13)14(21)9-8-12-5-3-6-12/h12-13H,2-11H2,1H3,(H,18,22). The molecule has 122 valence electrons. The van der Waals surface area contributed by atoms with Gasteiger partial charge < -0.3 is 9.47 Å². The Morgan fingerprint density at radius 1 is 1.36 bits per heavy atom. The number of carbonyl (C=O) groups excluding carboxylic acids is 1. The van der Waals surface area contributed by atoms with Crippen molar-refractivity contribution in [2.75, 3.05) is 13.1 Å². The third-order valence-electron chi connectivity index (χ3n) is 5.23. The number of hydrogen-bond donors (Lipinski definition) is 1. The second-order valence-corrected chi connectivity index (χ2v) is 7.03. The molecule has 2 fully saturated rings. The van der Waals surface area contributed by atoms with E-state index in [1.165, 1.54) is 19.3 Å². The zero-order valence-electron chi connectivity index (χ0n) is 13.4. The lowest BCUT2D eigenvalue weighted by Crippen LogP contribution is -2.40. The molecule has 2 heterocycles. The summed E-state index contributed by atoms with van der Waals surface area (Å²) in [7, 11) is 0. The van der Waals surface area contributed by atoms with E-state index in [4.69, 9.17) is 12.2 Å².